The van der Waals surface area contributed by atoms with E-state index in [9.17, 15) is 9.90 Å². The average Bonchev–Trinajstić information content (AvgIpc) is 2.62. The molecule has 0 aliphatic carbocycles. The molecule has 0 atom stereocenters. The molecule has 1 heterocycles. The molecule has 1 aromatic heterocycles. The number of aromatic carboxylic acids is 1. The van der Waals surface area contributed by atoms with Gasteiger partial charge in [-0.05, 0) is 40.3 Å². The maximum Gasteiger partial charge on any atom is 0.341 e. The molecule has 3 aromatic rings. The van der Waals surface area contributed by atoms with Crippen molar-refractivity contribution in [3.63, 3.8) is 0 Å². The summed E-state index contributed by atoms with van der Waals surface area (Å²) in [7, 11) is 0. The van der Waals surface area contributed by atoms with E-state index in [1.165, 1.54) is 12.3 Å². The highest BCUT2D eigenvalue weighted by atomic mass is 127. The summed E-state index contributed by atoms with van der Waals surface area (Å²) in [4.78, 5) is 14.7. The lowest BCUT2D eigenvalue weighted by Crippen LogP contribution is -1.97. The van der Waals surface area contributed by atoms with Gasteiger partial charge in [0.2, 0.25) is 5.88 Å². The van der Waals surface area contributed by atoms with E-state index in [4.69, 9.17) is 5.11 Å². The first kappa shape index (κ1) is 17.0. The number of benzene rings is 2. The Morgan fingerprint density at radius 1 is 1.04 bits per heavy atom. The van der Waals surface area contributed by atoms with Crippen LogP contribution in [-0.4, -0.2) is 21.2 Å². The molecule has 0 spiro atoms. The van der Waals surface area contributed by atoms with Crippen LogP contribution in [0.5, 0.6) is 5.88 Å². The normalized spacial score (nSPS) is 10.9. The third-order valence-corrected chi connectivity index (χ3v) is 4.29. The molecule has 0 bridgehead atoms. The molecule has 7 heteroatoms. The topological polar surface area (TPSA) is 95.1 Å². The summed E-state index contributed by atoms with van der Waals surface area (Å²) in [5, 5.41) is 26.9. The largest absolute Gasteiger partial charge is 0.493 e. The van der Waals surface area contributed by atoms with E-state index in [0.29, 0.717) is 5.69 Å². The van der Waals surface area contributed by atoms with Crippen LogP contribution in [0.1, 0.15) is 10.4 Å². The van der Waals surface area contributed by atoms with E-state index in [1.54, 1.807) is 0 Å². The van der Waals surface area contributed by atoms with Gasteiger partial charge in [-0.2, -0.15) is 0 Å². The Labute approximate surface area is 157 Å². The smallest absolute Gasteiger partial charge is 0.341 e. The van der Waals surface area contributed by atoms with Crippen LogP contribution in [0.2, 0.25) is 0 Å². The summed E-state index contributed by atoms with van der Waals surface area (Å²) in [6, 6.07) is 16.8. The van der Waals surface area contributed by atoms with Crippen molar-refractivity contribution < 1.29 is 15.0 Å². The van der Waals surface area contributed by atoms with Gasteiger partial charge < -0.3 is 10.2 Å². The van der Waals surface area contributed by atoms with Gasteiger partial charge in [0.05, 0.1) is 6.20 Å². The van der Waals surface area contributed by atoms with Crippen molar-refractivity contribution in [2.24, 2.45) is 10.2 Å². The third-order valence-electron chi connectivity index (χ3n) is 3.42. The fourth-order valence-electron chi connectivity index (χ4n) is 2.23. The van der Waals surface area contributed by atoms with Crippen LogP contribution in [-0.2, 0) is 0 Å². The number of carbonyl (C=O) groups is 1. The first-order chi connectivity index (χ1) is 12.1. The van der Waals surface area contributed by atoms with Crippen molar-refractivity contribution in [1.29, 1.82) is 0 Å². The number of pyridine rings is 1. The molecule has 3 rings (SSSR count). The van der Waals surface area contributed by atoms with Crippen LogP contribution in [0.25, 0.3) is 11.1 Å². The molecule has 124 valence electrons. The van der Waals surface area contributed by atoms with E-state index < -0.39 is 11.8 Å². The van der Waals surface area contributed by atoms with Crippen molar-refractivity contribution >= 4 is 39.9 Å². The maximum atomic E-state index is 11.1. The Morgan fingerprint density at radius 2 is 1.80 bits per heavy atom. The number of rotatable bonds is 4. The zero-order valence-corrected chi connectivity index (χ0v) is 15.0. The van der Waals surface area contributed by atoms with Crippen LogP contribution in [0.15, 0.2) is 71.0 Å². The number of hydrogen-bond acceptors (Lipinski definition) is 5. The summed E-state index contributed by atoms with van der Waals surface area (Å²) in [5.41, 5.74) is 2.53. The van der Waals surface area contributed by atoms with Crippen LogP contribution in [0.3, 0.4) is 0 Å². The van der Waals surface area contributed by atoms with Gasteiger partial charge in [-0.25, -0.2) is 9.78 Å². The molecule has 0 saturated heterocycles. The van der Waals surface area contributed by atoms with Crippen LogP contribution in [0, 0.1) is 3.57 Å². The molecule has 0 radical (unpaired) electrons. The van der Waals surface area contributed by atoms with E-state index in [0.717, 1.165) is 14.7 Å². The predicted octanol–water partition coefficient (Wildman–Crippen LogP) is 5.17. The molecule has 0 aliphatic rings. The monoisotopic (exact) mass is 445 g/mol. The number of nitrogens with zero attached hydrogens (tertiary/aromatic N) is 3. The molecule has 6 nitrogen and oxygen atoms in total. The lowest BCUT2D eigenvalue weighted by atomic mass is 10.0. The maximum absolute atomic E-state index is 11.1. The molecule has 25 heavy (non-hydrogen) atoms. The minimum absolute atomic E-state index is 0.244. The Hall–Kier alpha value is -2.81. The van der Waals surface area contributed by atoms with Crippen molar-refractivity contribution in [2.75, 3.05) is 0 Å². The second kappa shape index (κ2) is 7.39. The zero-order chi connectivity index (χ0) is 17.8. The third kappa shape index (κ3) is 3.82. The lowest BCUT2D eigenvalue weighted by Gasteiger charge is -2.07. The quantitative estimate of drug-likeness (QED) is 0.428. The Kier molecular flexibility index (Phi) is 5.03. The van der Waals surface area contributed by atoms with E-state index in [1.807, 2.05) is 48.5 Å². The SMILES string of the molecule is O=C(O)c1cc(/N=N/c2c(I)cccc2-c2ccccc2)cnc1O. The molecular weight excluding hydrogens is 433 g/mol. The summed E-state index contributed by atoms with van der Waals surface area (Å²) < 4.78 is 0.910. The van der Waals surface area contributed by atoms with Gasteiger partial charge in [0.1, 0.15) is 16.9 Å². The van der Waals surface area contributed by atoms with Gasteiger partial charge in [0, 0.05) is 9.13 Å². The Morgan fingerprint density at radius 3 is 2.52 bits per heavy atom. The molecule has 0 aliphatic heterocycles. The van der Waals surface area contributed by atoms with Gasteiger partial charge in [0.25, 0.3) is 0 Å². The molecule has 0 unspecified atom stereocenters. The number of azo groups is 1. The molecular formula is C18H12IN3O3. The molecule has 0 saturated carbocycles. The fourth-order valence-corrected chi connectivity index (χ4v) is 2.84. The number of aromatic nitrogens is 1. The summed E-state index contributed by atoms with van der Waals surface area (Å²) in [6.45, 7) is 0. The standard InChI is InChI=1S/C18H12IN3O3/c19-15-8-4-7-13(11-5-2-1-3-6-11)16(15)22-21-12-9-14(18(24)25)17(23)20-10-12/h1-10H,(H,20,23)(H,24,25)/b22-21+. The lowest BCUT2D eigenvalue weighted by molar-refractivity contribution is 0.0693. The van der Waals surface area contributed by atoms with Crippen LogP contribution < -0.4 is 0 Å². The van der Waals surface area contributed by atoms with Crippen LogP contribution in [0.4, 0.5) is 11.4 Å². The zero-order valence-electron chi connectivity index (χ0n) is 12.8. The highest BCUT2D eigenvalue weighted by Crippen LogP contribution is 2.35. The summed E-state index contributed by atoms with van der Waals surface area (Å²) >= 11 is 2.17. The minimum Gasteiger partial charge on any atom is -0.493 e. The Balaban J connectivity index is 2.03. The average molecular weight is 445 g/mol. The van der Waals surface area contributed by atoms with Gasteiger partial charge in [0.15, 0.2) is 0 Å². The van der Waals surface area contributed by atoms with Gasteiger partial charge >= 0.3 is 5.97 Å². The highest BCUT2D eigenvalue weighted by molar-refractivity contribution is 14.1. The van der Waals surface area contributed by atoms with E-state index in [-0.39, 0.29) is 11.3 Å². The number of carboxylic acids is 1. The number of carboxylic acid groups (broad SMARTS) is 1. The first-order valence-corrected chi connectivity index (χ1v) is 8.32. The minimum atomic E-state index is -1.28. The Bertz CT molecular complexity index is 959. The van der Waals surface area contributed by atoms with Gasteiger partial charge in [-0.1, -0.05) is 42.5 Å². The summed E-state index contributed by atoms with van der Waals surface area (Å²) in [5.74, 6) is -1.83. The molecule has 0 fully saturated rings. The number of hydrogen-bond donors (Lipinski definition) is 2. The van der Waals surface area contributed by atoms with Crippen LogP contribution >= 0.6 is 22.6 Å². The van der Waals surface area contributed by atoms with Crippen molar-refractivity contribution in [2.45, 2.75) is 0 Å². The molecule has 2 aromatic carbocycles. The molecule has 2 N–H and O–H groups in total. The predicted molar refractivity (Wildman–Crippen MR) is 102 cm³/mol. The second-order valence-electron chi connectivity index (χ2n) is 5.07. The highest BCUT2D eigenvalue weighted by Gasteiger charge is 2.12. The number of halogens is 1. The van der Waals surface area contributed by atoms with Gasteiger partial charge in [-0.15, -0.1) is 10.2 Å². The molecule has 0 amide bonds. The fraction of sp³-hybridized carbons (Fsp3) is 0. The second-order valence-corrected chi connectivity index (χ2v) is 6.23. The van der Waals surface area contributed by atoms with Crippen molar-refractivity contribution in [3.05, 3.63) is 69.9 Å². The van der Waals surface area contributed by atoms with Gasteiger partial charge in [-0.3, -0.25) is 0 Å². The van der Waals surface area contributed by atoms with E-state index >= 15 is 0 Å². The van der Waals surface area contributed by atoms with Crippen molar-refractivity contribution in [1.82, 2.24) is 4.98 Å². The van der Waals surface area contributed by atoms with Crippen molar-refractivity contribution in [3.8, 4) is 17.0 Å². The summed E-state index contributed by atoms with van der Waals surface area (Å²) in [6.07, 6.45) is 1.27. The first-order valence-electron chi connectivity index (χ1n) is 7.24. The number of aromatic hydroxyl groups is 1. The van der Waals surface area contributed by atoms with E-state index in [2.05, 4.69) is 37.8 Å².